The molecule has 16 heavy (non-hydrogen) atoms. The van der Waals surface area contributed by atoms with E-state index in [1.165, 1.54) is 20.8 Å². The molecular formula is C12H23FO3. The smallest absolute Gasteiger partial charge is 0.302 e. The van der Waals surface area contributed by atoms with Gasteiger partial charge in [0.05, 0.1) is 12.7 Å². The number of alkyl halides is 1. The van der Waals surface area contributed by atoms with Gasteiger partial charge in [-0.05, 0) is 39.0 Å². The zero-order valence-corrected chi connectivity index (χ0v) is 10.6. The Morgan fingerprint density at radius 1 is 1.38 bits per heavy atom. The zero-order valence-electron chi connectivity index (χ0n) is 10.6. The van der Waals surface area contributed by atoms with E-state index in [2.05, 4.69) is 0 Å². The van der Waals surface area contributed by atoms with Crippen LogP contribution in [0.3, 0.4) is 0 Å². The van der Waals surface area contributed by atoms with E-state index in [1.807, 2.05) is 6.92 Å². The Morgan fingerprint density at radius 2 is 1.94 bits per heavy atom. The van der Waals surface area contributed by atoms with Gasteiger partial charge in [-0.1, -0.05) is 6.92 Å². The molecule has 0 aromatic heterocycles. The van der Waals surface area contributed by atoms with Crippen molar-refractivity contribution in [3.8, 4) is 0 Å². The van der Waals surface area contributed by atoms with Crippen molar-refractivity contribution in [3.63, 3.8) is 0 Å². The van der Waals surface area contributed by atoms with Gasteiger partial charge in [0.25, 0.3) is 0 Å². The first-order chi connectivity index (χ1) is 7.23. The standard InChI is InChI=1S/C12H23FO3/c1-9(7-8-16-10(2)14)5-6-11(15)12(3,4)13/h9,11,15H,5-8H2,1-4H3/t9-,11-/m1/s1. The van der Waals surface area contributed by atoms with Gasteiger partial charge >= 0.3 is 5.97 Å². The molecule has 0 saturated heterocycles. The molecule has 3 nitrogen and oxygen atoms in total. The van der Waals surface area contributed by atoms with Crippen LogP contribution < -0.4 is 0 Å². The third-order valence-electron chi connectivity index (χ3n) is 2.64. The normalized spacial score (nSPS) is 15.6. The van der Waals surface area contributed by atoms with Gasteiger partial charge in [0.15, 0.2) is 0 Å². The monoisotopic (exact) mass is 234 g/mol. The molecule has 0 unspecified atom stereocenters. The molecule has 96 valence electrons. The Kier molecular flexibility index (Phi) is 6.56. The molecule has 0 saturated carbocycles. The molecule has 1 N–H and O–H groups in total. The molecule has 0 aromatic rings. The summed E-state index contributed by atoms with van der Waals surface area (Å²) in [6.07, 6.45) is 0.989. The van der Waals surface area contributed by atoms with Crippen molar-refractivity contribution >= 4 is 5.97 Å². The summed E-state index contributed by atoms with van der Waals surface area (Å²) < 4.78 is 18.1. The molecule has 0 aliphatic carbocycles. The average molecular weight is 234 g/mol. The maximum atomic E-state index is 13.3. The molecule has 0 fully saturated rings. The fraction of sp³-hybridized carbons (Fsp3) is 0.917. The van der Waals surface area contributed by atoms with Crippen LogP contribution in [-0.2, 0) is 9.53 Å². The largest absolute Gasteiger partial charge is 0.466 e. The SMILES string of the molecule is CC(=O)OCC[C@H](C)CC[C@@H](O)C(C)(C)F. The fourth-order valence-corrected chi connectivity index (χ4v) is 1.33. The molecule has 0 spiro atoms. The maximum absolute atomic E-state index is 13.3. The number of ether oxygens (including phenoxy) is 1. The highest BCUT2D eigenvalue weighted by molar-refractivity contribution is 5.65. The average Bonchev–Trinajstić information content (AvgIpc) is 2.11. The van der Waals surface area contributed by atoms with E-state index in [4.69, 9.17) is 4.74 Å². The predicted molar refractivity (Wildman–Crippen MR) is 60.8 cm³/mol. The van der Waals surface area contributed by atoms with E-state index in [1.54, 1.807) is 0 Å². The van der Waals surface area contributed by atoms with Gasteiger partial charge in [0.1, 0.15) is 5.67 Å². The zero-order chi connectivity index (χ0) is 12.8. The molecular weight excluding hydrogens is 211 g/mol. The third-order valence-corrected chi connectivity index (χ3v) is 2.64. The summed E-state index contributed by atoms with van der Waals surface area (Å²) in [4.78, 5) is 10.5. The van der Waals surface area contributed by atoms with Crippen LogP contribution in [0.1, 0.15) is 47.0 Å². The van der Waals surface area contributed by atoms with Crippen molar-refractivity contribution in [3.05, 3.63) is 0 Å². The third kappa shape index (κ3) is 7.63. The van der Waals surface area contributed by atoms with Crippen LogP contribution in [0.25, 0.3) is 0 Å². The summed E-state index contributed by atoms with van der Waals surface area (Å²) in [6.45, 7) is 6.52. The molecule has 0 aromatic carbocycles. The topological polar surface area (TPSA) is 46.5 Å². The lowest BCUT2D eigenvalue weighted by molar-refractivity contribution is -0.141. The lowest BCUT2D eigenvalue weighted by Crippen LogP contribution is -2.31. The highest BCUT2D eigenvalue weighted by Gasteiger charge is 2.26. The number of hydrogen-bond acceptors (Lipinski definition) is 3. The summed E-state index contributed by atoms with van der Waals surface area (Å²) in [7, 11) is 0. The van der Waals surface area contributed by atoms with Crippen molar-refractivity contribution in [1.82, 2.24) is 0 Å². The number of aliphatic hydroxyl groups excluding tert-OH is 1. The van der Waals surface area contributed by atoms with Gasteiger partial charge in [-0.15, -0.1) is 0 Å². The van der Waals surface area contributed by atoms with Crippen molar-refractivity contribution < 1.29 is 19.0 Å². The molecule has 2 atom stereocenters. The van der Waals surface area contributed by atoms with Gasteiger partial charge in [-0.2, -0.15) is 0 Å². The minimum Gasteiger partial charge on any atom is -0.466 e. The van der Waals surface area contributed by atoms with Crippen LogP contribution in [0.4, 0.5) is 4.39 Å². The quantitative estimate of drug-likeness (QED) is 0.688. The fourth-order valence-electron chi connectivity index (χ4n) is 1.33. The number of aliphatic hydroxyl groups is 1. The van der Waals surface area contributed by atoms with E-state index in [-0.39, 0.29) is 5.97 Å². The van der Waals surface area contributed by atoms with Crippen LogP contribution in [0.2, 0.25) is 0 Å². The Morgan fingerprint density at radius 3 is 2.38 bits per heavy atom. The summed E-state index contributed by atoms with van der Waals surface area (Å²) >= 11 is 0. The van der Waals surface area contributed by atoms with Crippen LogP contribution in [0.5, 0.6) is 0 Å². The first kappa shape index (κ1) is 15.4. The van der Waals surface area contributed by atoms with E-state index >= 15 is 0 Å². The number of rotatable bonds is 7. The Balaban J connectivity index is 3.65. The summed E-state index contributed by atoms with van der Waals surface area (Å²) in [6, 6.07) is 0. The molecule has 0 radical (unpaired) electrons. The van der Waals surface area contributed by atoms with Crippen molar-refractivity contribution in [2.45, 2.75) is 58.7 Å². The molecule has 0 amide bonds. The van der Waals surface area contributed by atoms with Crippen LogP contribution in [0, 0.1) is 5.92 Å². The van der Waals surface area contributed by atoms with Crippen molar-refractivity contribution in [1.29, 1.82) is 0 Å². The Bertz CT molecular complexity index is 211. The lowest BCUT2D eigenvalue weighted by atomic mass is 9.94. The van der Waals surface area contributed by atoms with Gasteiger partial charge < -0.3 is 9.84 Å². The maximum Gasteiger partial charge on any atom is 0.302 e. The summed E-state index contributed by atoms with van der Waals surface area (Å²) in [5.74, 6) is 0.0356. The highest BCUT2D eigenvalue weighted by atomic mass is 19.1. The van der Waals surface area contributed by atoms with Crippen molar-refractivity contribution in [2.24, 2.45) is 5.92 Å². The Hall–Kier alpha value is -0.640. The second-order valence-corrected chi connectivity index (χ2v) is 4.89. The molecule has 0 aliphatic heterocycles. The summed E-state index contributed by atoms with van der Waals surface area (Å²) in [5.41, 5.74) is -1.55. The van der Waals surface area contributed by atoms with Gasteiger partial charge in [0.2, 0.25) is 0 Å². The van der Waals surface area contributed by atoms with E-state index in [0.717, 1.165) is 12.8 Å². The minimum atomic E-state index is -1.55. The first-order valence-electron chi connectivity index (χ1n) is 5.73. The van der Waals surface area contributed by atoms with Gasteiger partial charge in [-0.3, -0.25) is 4.79 Å². The first-order valence-corrected chi connectivity index (χ1v) is 5.73. The summed E-state index contributed by atoms with van der Waals surface area (Å²) in [5, 5.41) is 9.49. The molecule has 0 heterocycles. The number of halogens is 1. The number of carbonyl (C=O) groups is 1. The number of hydrogen-bond donors (Lipinski definition) is 1. The van der Waals surface area contributed by atoms with Gasteiger partial charge in [-0.25, -0.2) is 4.39 Å². The van der Waals surface area contributed by atoms with Crippen molar-refractivity contribution in [2.75, 3.05) is 6.61 Å². The van der Waals surface area contributed by atoms with Crippen LogP contribution in [-0.4, -0.2) is 29.5 Å². The number of carbonyl (C=O) groups excluding carboxylic acids is 1. The predicted octanol–water partition coefficient (Wildman–Crippen LogP) is 2.46. The molecule has 0 bridgehead atoms. The van der Waals surface area contributed by atoms with Crippen LogP contribution >= 0.6 is 0 Å². The molecule has 4 heteroatoms. The van der Waals surface area contributed by atoms with Gasteiger partial charge in [0, 0.05) is 6.92 Å². The van der Waals surface area contributed by atoms with E-state index in [9.17, 15) is 14.3 Å². The van der Waals surface area contributed by atoms with Crippen LogP contribution in [0.15, 0.2) is 0 Å². The molecule has 0 aliphatic rings. The van der Waals surface area contributed by atoms with E-state index in [0.29, 0.717) is 18.9 Å². The second-order valence-electron chi connectivity index (χ2n) is 4.89. The minimum absolute atomic E-state index is 0.280. The Labute approximate surface area is 97.0 Å². The van der Waals surface area contributed by atoms with E-state index < -0.39 is 11.8 Å². The molecule has 0 rings (SSSR count). The second kappa shape index (κ2) is 6.84. The lowest BCUT2D eigenvalue weighted by Gasteiger charge is -2.23. The highest BCUT2D eigenvalue weighted by Crippen LogP contribution is 2.21. The number of esters is 1.